The van der Waals surface area contributed by atoms with Crippen LogP contribution in [0.4, 0.5) is 5.69 Å². The fraction of sp³-hybridized carbons (Fsp3) is 0. The van der Waals surface area contributed by atoms with E-state index >= 15 is 0 Å². The molecule has 1 aliphatic heterocycles. The molecule has 0 saturated heterocycles. The van der Waals surface area contributed by atoms with E-state index in [-0.39, 0.29) is 11.8 Å². The second-order valence-corrected chi connectivity index (χ2v) is 3.57. The number of carbonyl (C=O) groups excluding carboxylic acids is 2. The van der Waals surface area contributed by atoms with Crippen LogP contribution < -0.4 is 4.90 Å². The van der Waals surface area contributed by atoms with Crippen molar-refractivity contribution in [2.45, 2.75) is 0 Å². The Morgan fingerprint density at radius 1 is 0.882 bits per heavy atom. The Labute approximate surface area is 96.4 Å². The Balaban J connectivity index is 2.12. The number of carbonyl (C=O) groups is 2. The number of benzene rings is 1. The second-order valence-electron chi connectivity index (χ2n) is 3.57. The highest BCUT2D eigenvalue weighted by Crippen LogP contribution is 2.22. The van der Waals surface area contributed by atoms with Crippen molar-refractivity contribution >= 4 is 28.5 Å². The molecule has 0 radical (unpaired) electrons. The standard InChI is InChI=1S/C12H7N3O2/c16-11-3-4-12(17)15(11)8-1-2-9-10(7-8)14-6-5-13-9/h1-7H. The molecule has 0 aliphatic carbocycles. The summed E-state index contributed by atoms with van der Waals surface area (Å²) in [5.74, 6) is -0.670. The number of imide groups is 1. The van der Waals surface area contributed by atoms with Gasteiger partial charge in [0.05, 0.1) is 16.7 Å². The molecule has 3 rings (SSSR count). The molecule has 0 atom stereocenters. The van der Waals surface area contributed by atoms with Crippen molar-refractivity contribution in [3.05, 3.63) is 42.7 Å². The molecule has 0 unspecified atom stereocenters. The first-order chi connectivity index (χ1) is 8.25. The van der Waals surface area contributed by atoms with Crippen LogP contribution in [0.25, 0.3) is 11.0 Å². The van der Waals surface area contributed by atoms with Crippen LogP contribution in [0.2, 0.25) is 0 Å². The van der Waals surface area contributed by atoms with E-state index in [9.17, 15) is 9.59 Å². The van der Waals surface area contributed by atoms with Crippen LogP contribution in [-0.4, -0.2) is 21.8 Å². The number of anilines is 1. The van der Waals surface area contributed by atoms with Gasteiger partial charge >= 0.3 is 0 Å². The summed E-state index contributed by atoms with van der Waals surface area (Å²) in [5.41, 5.74) is 1.89. The Hall–Kier alpha value is -2.56. The SMILES string of the molecule is O=C1C=CC(=O)N1c1ccc2nccnc2c1. The summed E-state index contributed by atoms with van der Waals surface area (Å²) >= 11 is 0. The van der Waals surface area contributed by atoms with Gasteiger partial charge in [-0.3, -0.25) is 19.6 Å². The van der Waals surface area contributed by atoms with E-state index in [2.05, 4.69) is 9.97 Å². The number of hydrogen-bond acceptors (Lipinski definition) is 4. The molecule has 0 fully saturated rings. The minimum Gasteiger partial charge on any atom is -0.269 e. The van der Waals surface area contributed by atoms with Gasteiger partial charge in [0.15, 0.2) is 0 Å². The molecule has 5 heteroatoms. The monoisotopic (exact) mass is 225 g/mol. The summed E-state index contributed by atoms with van der Waals surface area (Å²) in [7, 11) is 0. The smallest absolute Gasteiger partial charge is 0.258 e. The minimum atomic E-state index is -0.335. The highest BCUT2D eigenvalue weighted by molar-refractivity contribution is 6.28. The molecule has 0 saturated carbocycles. The van der Waals surface area contributed by atoms with Gasteiger partial charge in [0, 0.05) is 24.5 Å². The first kappa shape index (κ1) is 9.65. The summed E-state index contributed by atoms with van der Waals surface area (Å²) in [4.78, 5) is 32.4. The molecule has 0 spiro atoms. The fourth-order valence-electron chi connectivity index (χ4n) is 1.75. The van der Waals surface area contributed by atoms with Gasteiger partial charge in [0.2, 0.25) is 0 Å². The summed E-state index contributed by atoms with van der Waals surface area (Å²) in [6.45, 7) is 0. The molecule has 2 heterocycles. The Bertz CT molecular complexity index is 646. The molecule has 5 nitrogen and oxygen atoms in total. The van der Waals surface area contributed by atoms with Crippen LogP contribution in [0.15, 0.2) is 42.7 Å². The summed E-state index contributed by atoms with van der Waals surface area (Å²) in [5, 5.41) is 0. The van der Waals surface area contributed by atoms with E-state index < -0.39 is 0 Å². The zero-order valence-corrected chi connectivity index (χ0v) is 8.70. The van der Waals surface area contributed by atoms with Gasteiger partial charge in [-0.25, -0.2) is 4.90 Å². The van der Waals surface area contributed by atoms with E-state index in [1.807, 2.05) is 0 Å². The average molecular weight is 225 g/mol. The molecule has 0 N–H and O–H groups in total. The van der Waals surface area contributed by atoms with Crippen molar-refractivity contribution in [2.75, 3.05) is 4.90 Å². The highest BCUT2D eigenvalue weighted by atomic mass is 16.2. The van der Waals surface area contributed by atoms with Crippen molar-refractivity contribution in [1.29, 1.82) is 0 Å². The Morgan fingerprint density at radius 3 is 2.24 bits per heavy atom. The molecule has 17 heavy (non-hydrogen) atoms. The number of hydrogen-bond donors (Lipinski definition) is 0. The van der Waals surface area contributed by atoms with Crippen LogP contribution in [-0.2, 0) is 9.59 Å². The van der Waals surface area contributed by atoms with E-state index in [0.29, 0.717) is 11.2 Å². The van der Waals surface area contributed by atoms with Gasteiger partial charge in [0.25, 0.3) is 11.8 Å². The number of aromatic nitrogens is 2. The second kappa shape index (κ2) is 3.48. The highest BCUT2D eigenvalue weighted by Gasteiger charge is 2.25. The lowest BCUT2D eigenvalue weighted by Gasteiger charge is -2.13. The third kappa shape index (κ3) is 1.48. The Morgan fingerprint density at radius 2 is 1.53 bits per heavy atom. The lowest BCUT2D eigenvalue weighted by molar-refractivity contribution is -0.119. The van der Waals surface area contributed by atoms with Gasteiger partial charge in [-0.15, -0.1) is 0 Å². The van der Waals surface area contributed by atoms with E-state index in [4.69, 9.17) is 0 Å². The van der Waals surface area contributed by atoms with Crippen LogP contribution >= 0.6 is 0 Å². The molecule has 82 valence electrons. The maximum absolute atomic E-state index is 11.5. The predicted octanol–water partition coefficient (Wildman–Crippen LogP) is 1.06. The first-order valence-electron chi connectivity index (χ1n) is 5.02. The molecule has 0 bridgehead atoms. The van der Waals surface area contributed by atoms with Gasteiger partial charge in [-0.2, -0.15) is 0 Å². The fourth-order valence-corrected chi connectivity index (χ4v) is 1.75. The normalized spacial score (nSPS) is 14.9. The number of amides is 2. The van der Waals surface area contributed by atoms with Crippen molar-refractivity contribution in [1.82, 2.24) is 9.97 Å². The molecule has 2 amide bonds. The van der Waals surface area contributed by atoms with Crippen LogP contribution in [0.3, 0.4) is 0 Å². The first-order valence-corrected chi connectivity index (χ1v) is 5.02. The van der Waals surface area contributed by atoms with Gasteiger partial charge in [-0.05, 0) is 18.2 Å². The van der Waals surface area contributed by atoms with Crippen molar-refractivity contribution in [2.24, 2.45) is 0 Å². The van der Waals surface area contributed by atoms with Crippen molar-refractivity contribution in [3.8, 4) is 0 Å². The van der Waals surface area contributed by atoms with E-state index in [1.54, 1.807) is 30.6 Å². The summed E-state index contributed by atoms with van der Waals surface area (Å²) in [6, 6.07) is 5.08. The maximum Gasteiger partial charge on any atom is 0.258 e. The van der Waals surface area contributed by atoms with Gasteiger partial charge in [-0.1, -0.05) is 0 Å². The van der Waals surface area contributed by atoms with Crippen molar-refractivity contribution in [3.63, 3.8) is 0 Å². The predicted molar refractivity (Wildman–Crippen MR) is 61.2 cm³/mol. The number of rotatable bonds is 1. The topological polar surface area (TPSA) is 63.2 Å². The molecule has 1 aliphatic rings. The minimum absolute atomic E-state index is 0.335. The Kier molecular flexibility index (Phi) is 1.98. The lowest BCUT2D eigenvalue weighted by Crippen LogP contribution is -2.29. The summed E-state index contributed by atoms with van der Waals surface area (Å²) < 4.78 is 0. The molecular formula is C12H7N3O2. The quantitative estimate of drug-likeness (QED) is 0.681. The zero-order valence-electron chi connectivity index (χ0n) is 8.70. The lowest BCUT2D eigenvalue weighted by atomic mass is 10.2. The summed E-state index contributed by atoms with van der Waals surface area (Å²) in [6.07, 6.45) is 5.67. The van der Waals surface area contributed by atoms with Crippen LogP contribution in [0, 0.1) is 0 Å². The zero-order chi connectivity index (χ0) is 11.8. The van der Waals surface area contributed by atoms with Crippen molar-refractivity contribution < 1.29 is 9.59 Å². The maximum atomic E-state index is 11.5. The molecule has 2 aromatic rings. The van der Waals surface area contributed by atoms with Gasteiger partial charge < -0.3 is 0 Å². The largest absolute Gasteiger partial charge is 0.269 e. The third-order valence-electron chi connectivity index (χ3n) is 2.52. The van der Waals surface area contributed by atoms with Crippen LogP contribution in [0.5, 0.6) is 0 Å². The molecular weight excluding hydrogens is 218 g/mol. The van der Waals surface area contributed by atoms with Crippen LogP contribution in [0.1, 0.15) is 0 Å². The number of nitrogens with zero attached hydrogens (tertiary/aromatic N) is 3. The number of fused-ring (bicyclic) bond motifs is 1. The van der Waals surface area contributed by atoms with E-state index in [1.165, 1.54) is 12.2 Å². The van der Waals surface area contributed by atoms with E-state index in [0.717, 1.165) is 10.4 Å². The average Bonchev–Trinajstić information content (AvgIpc) is 2.68. The third-order valence-corrected chi connectivity index (χ3v) is 2.52. The molecule has 1 aromatic carbocycles. The van der Waals surface area contributed by atoms with Gasteiger partial charge in [0.1, 0.15) is 0 Å². The molecule has 1 aromatic heterocycles.